The summed E-state index contributed by atoms with van der Waals surface area (Å²) in [6.07, 6.45) is 0. The quantitative estimate of drug-likeness (QED) is 0.845. The lowest BCUT2D eigenvalue weighted by Crippen LogP contribution is -2.47. The van der Waals surface area contributed by atoms with Gasteiger partial charge in [-0.2, -0.15) is 0 Å². The van der Waals surface area contributed by atoms with Gasteiger partial charge in [-0.25, -0.2) is 4.79 Å². The van der Waals surface area contributed by atoms with Gasteiger partial charge in [0.25, 0.3) is 0 Å². The summed E-state index contributed by atoms with van der Waals surface area (Å²) in [7, 11) is 0. The number of likely N-dealkylation sites (N-methyl/N-ethyl adjacent to an activating group) is 1. The maximum atomic E-state index is 12.1. The molecule has 0 spiro atoms. The van der Waals surface area contributed by atoms with Gasteiger partial charge in [0.2, 0.25) is 0 Å². The first-order valence-corrected chi connectivity index (χ1v) is 6.59. The van der Waals surface area contributed by atoms with Crippen molar-refractivity contribution in [1.82, 2.24) is 5.32 Å². The highest BCUT2D eigenvalue weighted by molar-refractivity contribution is 6.35. The zero-order valence-corrected chi connectivity index (χ0v) is 12.2. The van der Waals surface area contributed by atoms with Crippen LogP contribution < -0.4 is 5.32 Å². The number of halogens is 2. The van der Waals surface area contributed by atoms with E-state index in [-0.39, 0.29) is 5.97 Å². The Hall–Kier alpha value is -0.770. The van der Waals surface area contributed by atoms with Crippen molar-refractivity contribution in [3.63, 3.8) is 0 Å². The number of hydrogen-bond acceptors (Lipinski definition) is 3. The highest BCUT2D eigenvalue weighted by Crippen LogP contribution is 2.31. The third-order valence-corrected chi connectivity index (χ3v) is 3.23. The van der Waals surface area contributed by atoms with Gasteiger partial charge in [0.1, 0.15) is 5.54 Å². The molecule has 1 unspecified atom stereocenters. The van der Waals surface area contributed by atoms with Crippen molar-refractivity contribution in [2.75, 3.05) is 13.2 Å². The summed E-state index contributed by atoms with van der Waals surface area (Å²) >= 11 is 12.0. The molecule has 100 valence electrons. The zero-order chi connectivity index (χ0) is 13.8. The monoisotopic (exact) mass is 289 g/mol. The molecule has 0 fully saturated rings. The van der Waals surface area contributed by atoms with Crippen molar-refractivity contribution in [1.29, 1.82) is 0 Å². The van der Waals surface area contributed by atoms with Gasteiger partial charge in [-0.15, -0.1) is 0 Å². The fraction of sp³-hybridized carbons (Fsp3) is 0.462. The minimum Gasteiger partial charge on any atom is -0.464 e. The molecule has 0 saturated heterocycles. The van der Waals surface area contributed by atoms with E-state index in [1.54, 1.807) is 32.0 Å². The lowest BCUT2D eigenvalue weighted by atomic mass is 9.92. The number of carbonyl (C=O) groups excluding carboxylic acids is 1. The molecule has 0 heterocycles. The number of nitrogens with one attached hydrogen (secondary N) is 1. The average Bonchev–Trinajstić information content (AvgIpc) is 2.29. The number of hydrogen-bond donors (Lipinski definition) is 1. The second-order valence-corrected chi connectivity index (χ2v) is 4.84. The summed E-state index contributed by atoms with van der Waals surface area (Å²) < 4.78 is 5.11. The van der Waals surface area contributed by atoms with Crippen molar-refractivity contribution < 1.29 is 9.53 Å². The minimum absolute atomic E-state index is 0.324. The van der Waals surface area contributed by atoms with Gasteiger partial charge in [-0.3, -0.25) is 5.32 Å². The molecule has 0 radical (unpaired) electrons. The SMILES string of the molecule is CCNC(C)(C(=O)OCC)c1ccc(Cl)cc1Cl. The number of rotatable bonds is 5. The third-order valence-electron chi connectivity index (χ3n) is 2.68. The number of benzene rings is 1. The molecule has 0 aliphatic carbocycles. The van der Waals surface area contributed by atoms with Gasteiger partial charge in [0, 0.05) is 15.6 Å². The van der Waals surface area contributed by atoms with E-state index in [9.17, 15) is 4.79 Å². The lowest BCUT2D eigenvalue weighted by Gasteiger charge is -2.29. The number of ether oxygens (including phenoxy) is 1. The Morgan fingerprint density at radius 2 is 2.06 bits per heavy atom. The molecule has 0 bridgehead atoms. The molecule has 18 heavy (non-hydrogen) atoms. The second-order valence-electron chi connectivity index (χ2n) is 4.00. The molecule has 3 nitrogen and oxygen atoms in total. The van der Waals surface area contributed by atoms with E-state index in [0.29, 0.717) is 28.8 Å². The van der Waals surface area contributed by atoms with Crippen LogP contribution in [-0.2, 0) is 15.1 Å². The van der Waals surface area contributed by atoms with E-state index in [1.165, 1.54) is 0 Å². The molecule has 0 saturated carbocycles. The Morgan fingerprint density at radius 3 is 2.56 bits per heavy atom. The fourth-order valence-corrected chi connectivity index (χ4v) is 2.40. The standard InChI is InChI=1S/C13H17Cl2NO2/c1-4-16-13(3,12(17)18-5-2)10-7-6-9(14)8-11(10)15/h6-8,16H,4-5H2,1-3H3. The third kappa shape index (κ3) is 3.16. The Balaban J connectivity index is 3.21. The van der Waals surface area contributed by atoms with E-state index in [2.05, 4.69) is 5.32 Å². The first kappa shape index (κ1) is 15.3. The van der Waals surface area contributed by atoms with Crippen LogP contribution in [0.1, 0.15) is 26.3 Å². The summed E-state index contributed by atoms with van der Waals surface area (Å²) in [6.45, 7) is 6.39. The van der Waals surface area contributed by atoms with Crippen molar-refractivity contribution in [3.8, 4) is 0 Å². The summed E-state index contributed by atoms with van der Waals surface area (Å²) in [6, 6.07) is 5.06. The molecular weight excluding hydrogens is 273 g/mol. The van der Waals surface area contributed by atoms with E-state index in [4.69, 9.17) is 27.9 Å². The van der Waals surface area contributed by atoms with E-state index < -0.39 is 5.54 Å². The molecule has 1 aromatic rings. The van der Waals surface area contributed by atoms with Crippen LogP contribution in [0, 0.1) is 0 Å². The van der Waals surface area contributed by atoms with E-state index in [0.717, 1.165) is 0 Å². The second kappa shape index (κ2) is 6.41. The fourth-order valence-electron chi connectivity index (χ4n) is 1.80. The van der Waals surface area contributed by atoms with Crippen molar-refractivity contribution >= 4 is 29.2 Å². The predicted octanol–water partition coefficient (Wildman–Crippen LogP) is 3.38. The van der Waals surface area contributed by atoms with Gasteiger partial charge in [-0.1, -0.05) is 36.2 Å². The van der Waals surface area contributed by atoms with Crippen LogP contribution >= 0.6 is 23.2 Å². The molecule has 0 aliphatic rings. The topological polar surface area (TPSA) is 38.3 Å². The molecule has 1 N–H and O–H groups in total. The number of esters is 1. The van der Waals surface area contributed by atoms with Crippen LogP contribution in [0.15, 0.2) is 18.2 Å². The van der Waals surface area contributed by atoms with Crippen molar-refractivity contribution in [3.05, 3.63) is 33.8 Å². The normalized spacial score (nSPS) is 14.1. The maximum Gasteiger partial charge on any atom is 0.330 e. The van der Waals surface area contributed by atoms with E-state index in [1.807, 2.05) is 6.92 Å². The largest absolute Gasteiger partial charge is 0.464 e. The highest BCUT2D eigenvalue weighted by atomic mass is 35.5. The van der Waals surface area contributed by atoms with Crippen LogP contribution in [0.4, 0.5) is 0 Å². The molecule has 1 aromatic carbocycles. The lowest BCUT2D eigenvalue weighted by molar-refractivity contribution is -0.151. The summed E-state index contributed by atoms with van der Waals surface area (Å²) in [5.41, 5.74) is -0.305. The van der Waals surface area contributed by atoms with Gasteiger partial charge >= 0.3 is 5.97 Å². The van der Waals surface area contributed by atoms with E-state index >= 15 is 0 Å². The van der Waals surface area contributed by atoms with Crippen LogP contribution in [0.5, 0.6) is 0 Å². The van der Waals surface area contributed by atoms with Gasteiger partial charge in [-0.05, 0) is 32.5 Å². The van der Waals surface area contributed by atoms with Crippen molar-refractivity contribution in [2.24, 2.45) is 0 Å². The molecule has 1 atom stereocenters. The first-order chi connectivity index (χ1) is 8.45. The van der Waals surface area contributed by atoms with Crippen LogP contribution in [-0.4, -0.2) is 19.1 Å². The molecule has 0 aromatic heterocycles. The Morgan fingerprint density at radius 1 is 1.39 bits per heavy atom. The van der Waals surface area contributed by atoms with Crippen molar-refractivity contribution in [2.45, 2.75) is 26.3 Å². The Kier molecular flexibility index (Phi) is 5.45. The van der Waals surface area contributed by atoms with Gasteiger partial charge < -0.3 is 4.74 Å². The molecule has 5 heteroatoms. The van der Waals surface area contributed by atoms with Gasteiger partial charge in [0.05, 0.1) is 6.61 Å². The minimum atomic E-state index is -0.966. The van der Waals surface area contributed by atoms with Gasteiger partial charge in [0.15, 0.2) is 0 Å². The Labute approximate surface area is 117 Å². The molecular formula is C13H17Cl2NO2. The van der Waals surface area contributed by atoms with Crippen LogP contribution in [0.25, 0.3) is 0 Å². The maximum absolute atomic E-state index is 12.1. The summed E-state index contributed by atoms with van der Waals surface area (Å²) in [5.74, 6) is -0.351. The predicted molar refractivity (Wildman–Crippen MR) is 74.1 cm³/mol. The summed E-state index contributed by atoms with van der Waals surface area (Å²) in [4.78, 5) is 12.1. The Bertz CT molecular complexity index is 437. The number of carbonyl (C=O) groups is 1. The van der Waals surface area contributed by atoms with Crippen LogP contribution in [0.3, 0.4) is 0 Å². The zero-order valence-electron chi connectivity index (χ0n) is 10.7. The van der Waals surface area contributed by atoms with Crippen LogP contribution in [0.2, 0.25) is 10.0 Å². The molecule has 0 aliphatic heterocycles. The average molecular weight is 290 g/mol. The highest BCUT2D eigenvalue weighted by Gasteiger charge is 2.37. The smallest absolute Gasteiger partial charge is 0.330 e. The molecule has 0 amide bonds. The first-order valence-electron chi connectivity index (χ1n) is 5.83. The summed E-state index contributed by atoms with van der Waals surface area (Å²) in [5, 5.41) is 4.10. The molecule has 1 rings (SSSR count).